The van der Waals surface area contributed by atoms with Gasteiger partial charge in [0.2, 0.25) is 0 Å². The number of benzene rings is 3. The maximum atomic E-state index is 12.6. The minimum absolute atomic E-state index is 0.0340. The van der Waals surface area contributed by atoms with Crippen molar-refractivity contribution < 1.29 is 9.53 Å². The Morgan fingerprint density at radius 3 is 2.30 bits per heavy atom. The van der Waals surface area contributed by atoms with Gasteiger partial charge in [0.25, 0.3) is 0 Å². The van der Waals surface area contributed by atoms with Crippen LogP contribution >= 0.6 is 11.8 Å². The highest BCUT2D eigenvalue weighted by atomic mass is 32.2. The summed E-state index contributed by atoms with van der Waals surface area (Å²) in [4.78, 5) is 12.6. The highest BCUT2D eigenvalue weighted by molar-refractivity contribution is 7.99. The first-order valence-corrected chi connectivity index (χ1v) is 10.5. The van der Waals surface area contributed by atoms with Crippen LogP contribution < -0.4 is 4.74 Å². The van der Waals surface area contributed by atoms with Crippen LogP contribution in [0.3, 0.4) is 0 Å². The lowest BCUT2D eigenvalue weighted by molar-refractivity contribution is 0.102. The molecule has 0 saturated carbocycles. The second kappa shape index (κ2) is 8.97. The molecule has 5 nitrogen and oxygen atoms in total. The van der Waals surface area contributed by atoms with E-state index in [4.69, 9.17) is 4.74 Å². The van der Waals surface area contributed by atoms with Crippen molar-refractivity contribution in [2.75, 3.05) is 5.75 Å². The molecule has 30 heavy (non-hydrogen) atoms. The number of rotatable bonds is 7. The molecule has 0 aliphatic carbocycles. The molecule has 0 aliphatic heterocycles. The zero-order valence-electron chi connectivity index (χ0n) is 16.8. The van der Waals surface area contributed by atoms with Crippen molar-refractivity contribution in [3.05, 3.63) is 90.0 Å². The van der Waals surface area contributed by atoms with E-state index < -0.39 is 0 Å². The molecule has 0 unspecified atom stereocenters. The lowest BCUT2D eigenvalue weighted by atomic mass is 10.1. The molecule has 1 aromatic heterocycles. The van der Waals surface area contributed by atoms with Gasteiger partial charge in [-0.15, -0.1) is 10.2 Å². The Kier molecular flexibility index (Phi) is 5.95. The second-order valence-electron chi connectivity index (χ2n) is 6.83. The lowest BCUT2D eigenvalue weighted by Gasteiger charge is -2.07. The van der Waals surface area contributed by atoms with E-state index in [9.17, 15) is 4.79 Å². The van der Waals surface area contributed by atoms with Gasteiger partial charge in [-0.05, 0) is 48.9 Å². The van der Waals surface area contributed by atoms with Gasteiger partial charge in [-0.1, -0.05) is 54.2 Å². The van der Waals surface area contributed by atoms with E-state index in [1.807, 2.05) is 85.3 Å². The lowest BCUT2D eigenvalue weighted by Crippen LogP contribution is -2.04. The van der Waals surface area contributed by atoms with Crippen molar-refractivity contribution in [2.45, 2.75) is 12.1 Å². The third-order valence-corrected chi connectivity index (χ3v) is 5.73. The molecule has 0 amide bonds. The van der Waals surface area contributed by atoms with Crippen molar-refractivity contribution in [3.8, 4) is 22.9 Å². The third-order valence-electron chi connectivity index (χ3n) is 4.71. The number of aromatic nitrogens is 3. The highest BCUT2D eigenvalue weighted by Gasteiger charge is 2.15. The van der Waals surface area contributed by atoms with E-state index in [1.165, 1.54) is 11.8 Å². The summed E-state index contributed by atoms with van der Waals surface area (Å²) in [5.74, 6) is 2.58. The molecule has 150 valence electrons. The summed E-state index contributed by atoms with van der Waals surface area (Å²) in [5.41, 5.74) is 2.82. The summed E-state index contributed by atoms with van der Waals surface area (Å²) in [7, 11) is 1.92. The van der Waals surface area contributed by atoms with Gasteiger partial charge in [-0.2, -0.15) is 0 Å². The minimum atomic E-state index is 0.0340. The quantitative estimate of drug-likeness (QED) is 0.292. The van der Waals surface area contributed by atoms with Gasteiger partial charge in [-0.25, -0.2) is 0 Å². The molecule has 0 atom stereocenters. The van der Waals surface area contributed by atoms with E-state index >= 15 is 0 Å². The Labute approximate surface area is 179 Å². The number of ether oxygens (including phenoxy) is 1. The molecule has 4 aromatic rings. The maximum absolute atomic E-state index is 12.6. The Balaban J connectivity index is 1.40. The van der Waals surface area contributed by atoms with Crippen LogP contribution in [0.25, 0.3) is 11.4 Å². The van der Waals surface area contributed by atoms with Crippen molar-refractivity contribution >= 4 is 17.5 Å². The average molecular weight is 416 g/mol. The second-order valence-corrected chi connectivity index (χ2v) is 7.77. The molecule has 3 aromatic carbocycles. The van der Waals surface area contributed by atoms with Crippen molar-refractivity contribution in [2.24, 2.45) is 7.05 Å². The molecule has 4 rings (SSSR count). The number of hydrogen-bond acceptors (Lipinski definition) is 5. The number of carbonyl (C=O) groups is 1. The third kappa shape index (κ3) is 4.44. The first-order chi connectivity index (χ1) is 14.6. The minimum Gasteiger partial charge on any atom is -0.457 e. The summed E-state index contributed by atoms with van der Waals surface area (Å²) in [6.07, 6.45) is 0. The van der Waals surface area contributed by atoms with Crippen molar-refractivity contribution in [1.82, 2.24) is 14.8 Å². The van der Waals surface area contributed by atoms with Crippen molar-refractivity contribution in [1.29, 1.82) is 0 Å². The summed E-state index contributed by atoms with van der Waals surface area (Å²) < 4.78 is 7.70. The summed E-state index contributed by atoms with van der Waals surface area (Å²) >= 11 is 1.39. The summed E-state index contributed by atoms with van der Waals surface area (Å²) in [6, 6.07) is 24.8. The average Bonchev–Trinajstić information content (AvgIpc) is 3.14. The van der Waals surface area contributed by atoms with Gasteiger partial charge in [-0.3, -0.25) is 4.79 Å². The van der Waals surface area contributed by atoms with Crippen LogP contribution in [-0.4, -0.2) is 26.3 Å². The number of nitrogens with zero attached hydrogens (tertiary/aromatic N) is 3. The molecule has 0 aliphatic rings. The van der Waals surface area contributed by atoms with E-state index in [1.54, 1.807) is 12.1 Å². The van der Waals surface area contributed by atoms with Crippen molar-refractivity contribution in [3.63, 3.8) is 0 Å². The van der Waals surface area contributed by atoms with Crippen LogP contribution in [0.1, 0.15) is 15.9 Å². The number of Topliss-reactive ketones (excluding diaryl/α,β-unsaturated/α-hetero) is 1. The fourth-order valence-electron chi connectivity index (χ4n) is 3.05. The zero-order chi connectivity index (χ0) is 20.9. The zero-order valence-corrected chi connectivity index (χ0v) is 17.6. The van der Waals surface area contributed by atoms with Crippen LogP contribution in [0.15, 0.2) is 84.0 Å². The van der Waals surface area contributed by atoms with Gasteiger partial charge in [0.05, 0.1) is 5.75 Å². The van der Waals surface area contributed by atoms with Crippen LogP contribution in [0.5, 0.6) is 11.5 Å². The van der Waals surface area contributed by atoms with Crippen LogP contribution in [-0.2, 0) is 7.05 Å². The van der Waals surface area contributed by atoms with E-state index in [-0.39, 0.29) is 5.78 Å². The molecule has 1 heterocycles. The maximum Gasteiger partial charge on any atom is 0.191 e. The van der Waals surface area contributed by atoms with Gasteiger partial charge < -0.3 is 9.30 Å². The Morgan fingerprint density at radius 2 is 1.57 bits per heavy atom. The number of aryl methyl sites for hydroxylation is 1. The topological polar surface area (TPSA) is 57.0 Å². The Bertz CT molecular complexity index is 1150. The number of thioether (sulfide) groups is 1. The fraction of sp³-hybridized carbons (Fsp3) is 0.125. The monoisotopic (exact) mass is 415 g/mol. The molecule has 0 spiro atoms. The number of carbonyl (C=O) groups excluding carboxylic acids is 1. The molecular weight excluding hydrogens is 394 g/mol. The summed E-state index contributed by atoms with van der Waals surface area (Å²) in [5, 5.41) is 9.29. The largest absolute Gasteiger partial charge is 0.457 e. The Morgan fingerprint density at radius 1 is 0.900 bits per heavy atom. The molecule has 0 fully saturated rings. The highest BCUT2D eigenvalue weighted by Crippen LogP contribution is 2.26. The molecule has 0 saturated heterocycles. The smallest absolute Gasteiger partial charge is 0.191 e. The predicted molar refractivity (Wildman–Crippen MR) is 119 cm³/mol. The van der Waals surface area contributed by atoms with Crippen LogP contribution in [0.2, 0.25) is 0 Å². The molecule has 0 N–H and O–H groups in total. The number of ketones is 1. The molecular formula is C24H21N3O2S. The van der Waals surface area contributed by atoms with E-state index in [0.717, 1.165) is 22.7 Å². The standard InChI is InChI=1S/C24H21N3O2S/c1-17-8-6-7-11-21(17)23-25-26-24(27(23)2)30-16-22(28)18-12-14-20(15-13-18)29-19-9-4-3-5-10-19/h3-15H,16H2,1-2H3. The normalized spacial score (nSPS) is 10.7. The molecule has 0 radical (unpaired) electrons. The fourth-order valence-corrected chi connectivity index (χ4v) is 3.85. The predicted octanol–water partition coefficient (Wildman–Crippen LogP) is 5.56. The van der Waals surface area contributed by atoms with Gasteiger partial charge in [0.15, 0.2) is 16.8 Å². The first-order valence-electron chi connectivity index (χ1n) is 9.56. The van der Waals surface area contributed by atoms with Gasteiger partial charge in [0, 0.05) is 18.2 Å². The van der Waals surface area contributed by atoms with E-state index in [0.29, 0.717) is 22.2 Å². The Hall–Kier alpha value is -3.38. The molecule has 6 heteroatoms. The number of para-hydroxylation sites is 1. The number of hydrogen-bond donors (Lipinski definition) is 0. The first kappa shape index (κ1) is 19.9. The van der Waals surface area contributed by atoms with Gasteiger partial charge in [0.1, 0.15) is 11.5 Å². The van der Waals surface area contributed by atoms with Crippen LogP contribution in [0.4, 0.5) is 0 Å². The van der Waals surface area contributed by atoms with Gasteiger partial charge >= 0.3 is 0 Å². The summed E-state index contributed by atoms with van der Waals surface area (Å²) in [6.45, 7) is 2.05. The molecule has 0 bridgehead atoms. The van der Waals surface area contributed by atoms with E-state index in [2.05, 4.69) is 10.2 Å². The SMILES string of the molecule is Cc1ccccc1-c1nnc(SCC(=O)c2ccc(Oc3ccccc3)cc2)n1C. The van der Waals surface area contributed by atoms with Crippen LogP contribution in [0, 0.1) is 6.92 Å².